The molecule has 2 heterocycles. The van der Waals surface area contributed by atoms with Crippen molar-refractivity contribution in [1.82, 2.24) is 0 Å². The van der Waals surface area contributed by atoms with E-state index in [4.69, 9.17) is 22.4 Å². The van der Waals surface area contributed by atoms with Gasteiger partial charge in [-0.05, 0) is 96.4 Å². The SMILES string of the molecule is C[C@]1(CO[Si](C)(C)C)[C@@H]2C[C@H](O[Si](C)(C)C)[C@@]3(C)Oc4cc(-c5ccccc5)oc(=O)c4C(=O)[C@@H]3[C@@]2(C)CC[C@@H]1O[Si](C)(C)C. The van der Waals surface area contributed by atoms with E-state index in [1.807, 2.05) is 37.3 Å². The van der Waals surface area contributed by atoms with E-state index in [0.717, 1.165) is 24.8 Å². The molecular weight excluding hydrogens is 617 g/mol. The Morgan fingerprint density at radius 1 is 0.844 bits per heavy atom. The van der Waals surface area contributed by atoms with E-state index in [1.165, 1.54) is 0 Å². The molecule has 2 fully saturated rings. The van der Waals surface area contributed by atoms with E-state index >= 15 is 0 Å². The molecular formula is C35H54O7Si3. The maximum absolute atomic E-state index is 14.9. The second-order valence-electron chi connectivity index (χ2n) is 17.3. The van der Waals surface area contributed by atoms with Crippen molar-refractivity contribution in [2.75, 3.05) is 6.61 Å². The zero-order chi connectivity index (χ0) is 33.4. The minimum absolute atomic E-state index is 0.000812. The van der Waals surface area contributed by atoms with Gasteiger partial charge in [-0.15, -0.1) is 0 Å². The minimum Gasteiger partial charge on any atom is -0.483 e. The topological polar surface area (TPSA) is 84.2 Å². The third kappa shape index (κ3) is 6.52. The summed E-state index contributed by atoms with van der Waals surface area (Å²) in [7, 11) is -5.89. The molecule has 45 heavy (non-hydrogen) atoms. The number of ketones is 1. The highest BCUT2D eigenvalue weighted by molar-refractivity contribution is 6.70. The van der Waals surface area contributed by atoms with Crippen molar-refractivity contribution in [2.24, 2.45) is 22.7 Å². The summed E-state index contributed by atoms with van der Waals surface area (Å²) in [5, 5.41) is 0. The van der Waals surface area contributed by atoms with Gasteiger partial charge in [0.2, 0.25) is 0 Å². The first-order valence-electron chi connectivity index (χ1n) is 16.5. The number of benzene rings is 1. The molecule has 2 aliphatic carbocycles. The zero-order valence-corrected chi connectivity index (χ0v) is 32.5. The molecule has 3 aliphatic rings. The van der Waals surface area contributed by atoms with Gasteiger partial charge in [-0.2, -0.15) is 0 Å². The summed E-state index contributed by atoms with van der Waals surface area (Å²) in [6, 6.07) is 11.2. The van der Waals surface area contributed by atoms with Crippen molar-refractivity contribution < 1.29 is 27.2 Å². The van der Waals surface area contributed by atoms with Crippen LogP contribution < -0.4 is 10.4 Å². The highest BCUT2D eigenvalue weighted by Crippen LogP contribution is 2.66. The van der Waals surface area contributed by atoms with E-state index in [2.05, 4.69) is 72.8 Å². The second-order valence-corrected chi connectivity index (χ2v) is 30.7. The molecule has 248 valence electrons. The van der Waals surface area contributed by atoms with Crippen molar-refractivity contribution in [3.63, 3.8) is 0 Å². The van der Waals surface area contributed by atoms with E-state index in [9.17, 15) is 9.59 Å². The molecule has 1 aromatic carbocycles. The third-order valence-corrected chi connectivity index (χ3v) is 13.2. The van der Waals surface area contributed by atoms with Crippen LogP contribution in [0.4, 0.5) is 0 Å². The predicted molar refractivity (Wildman–Crippen MR) is 187 cm³/mol. The highest BCUT2D eigenvalue weighted by atomic mass is 28.4. The van der Waals surface area contributed by atoms with Crippen LogP contribution in [0.1, 0.15) is 50.4 Å². The minimum atomic E-state index is -2.11. The van der Waals surface area contributed by atoms with Crippen molar-refractivity contribution >= 4 is 30.7 Å². The van der Waals surface area contributed by atoms with Crippen LogP contribution in [0.3, 0.4) is 0 Å². The Morgan fingerprint density at radius 3 is 2.02 bits per heavy atom. The summed E-state index contributed by atoms with van der Waals surface area (Å²) in [5.41, 5.74) is -1.68. The maximum Gasteiger partial charge on any atom is 0.351 e. The molecule has 0 radical (unpaired) electrons. The Hall–Kier alpha value is -1.83. The van der Waals surface area contributed by atoms with Crippen LogP contribution in [0.2, 0.25) is 58.9 Å². The number of fused-ring (bicyclic) bond motifs is 4. The molecule has 0 saturated heterocycles. The lowest BCUT2D eigenvalue weighted by Crippen LogP contribution is -2.73. The molecule has 1 aliphatic heterocycles. The molecule has 0 amide bonds. The first-order valence-corrected chi connectivity index (χ1v) is 26.8. The molecule has 10 heteroatoms. The summed E-state index contributed by atoms with van der Waals surface area (Å²) in [4.78, 5) is 28.5. The van der Waals surface area contributed by atoms with Crippen LogP contribution in [0.5, 0.6) is 5.75 Å². The lowest BCUT2D eigenvalue weighted by atomic mass is 9.43. The average Bonchev–Trinajstić information content (AvgIpc) is 2.89. The third-order valence-electron chi connectivity index (χ3n) is 10.2. The van der Waals surface area contributed by atoms with E-state index in [1.54, 1.807) is 6.07 Å². The highest BCUT2D eigenvalue weighted by Gasteiger charge is 2.70. The van der Waals surface area contributed by atoms with E-state index in [-0.39, 0.29) is 34.9 Å². The van der Waals surface area contributed by atoms with Crippen LogP contribution in [0, 0.1) is 22.7 Å². The number of rotatable bonds is 8. The van der Waals surface area contributed by atoms with Gasteiger partial charge in [0.05, 0.1) is 18.1 Å². The van der Waals surface area contributed by atoms with Crippen LogP contribution in [-0.4, -0.2) is 55.2 Å². The van der Waals surface area contributed by atoms with Gasteiger partial charge < -0.3 is 22.4 Å². The summed E-state index contributed by atoms with van der Waals surface area (Å²) < 4.78 is 33.5. The van der Waals surface area contributed by atoms with Gasteiger partial charge >= 0.3 is 5.63 Å². The average molecular weight is 671 g/mol. The summed E-state index contributed by atoms with van der Waals surface area (Å²) in [6.07, 6.45) is 1.97. The normalized spacial score (nSPS) is 33.6. The molecule has 2 aromatic rings. The molecule has 0 spiro atoms. The quantitative estimate of drug-likeness (QED) is 0.261. The summed E-state index contributed by atoms with van der Waals surface area (Å²) in [5.74, 6) is -0.0678. The van der Waals surface area contributed by atoms with Crippen LogP contribution >= 0.6 is 0 Å². The molecule has 5 rings (SSSR count). The number of Topliss-reactive ketones (excluding diaryl/α,β-unsaturated/α-hetero) is 1. The van der Waals surface area contributed by atoms with Gasteiger partial charge in [-0.1, -0.05) is 44.2 Å². The fourth-order valence-electron chi connectivity index (χ4n) is 8.46. The molecule has 2 saturated carbocycles. The molecule has 1 aromatic heterocycles. The van der Waals surface area contributed by atoms with Gasteiger partial charge in [0.25, 0.3) is 0 Å². The Morgan fingerprint density at radius 2 is 1.44 bits per heavy atom. The number of ether oxygens (including phenoxy) is 1. The molecule has 0 unspecified atom stereocenters. The van der Waals surface area contributed by atoms with Gasteiger partial charge in [0.1, 0.15) is 22.7 Å². The molecule has 7 atom stereocenters. The lowest BCUT2D eigenvalue weighted by molar-refractivity contribution is -0.219. The van der Waals surface area contributed by atoms with Crippen LogP contribution in [0.15, 0.2) is 45.6 Å². The summed E-state index contributed by atoms with van der Waals surface area (Å²) in [6.45, 7) is 27.1. The van der Waals surface area contributed by atoms with E-state index < -0.39 is 47.5 Å². The van der Waals surface area contributed by atoms with Crippen molar-refractivity contribution in [3.05, 3.63) is 52.4 Å². The monoisotopic (exact) mass is 670 g/mol. The van der Waals surface area contributed by atoms with Crippen LogP contribution in [0.25, 0.3) is 11.3 Å². The smallest absolute Gasteiger partial charge is 0.351 e. The van der Waals surface area contributed by atoms with Gasteiger partial charge in [0, 0.05) is 23.7 Å². The Balaban J connectivity index is 1.68. The van der Waals surface area contributed by atoms with Crippen molar-refractivity contribution in [3.8, 4) is 17.1 Å². The standard InChI is InChI=1S/C35H54O7Si3/c1-33-19-18-27(41-44(7,8)9)34(2,22-38-43(4,5)6)26(33)21-28(42-45(10,11)12)35(3)31(33)30(36)29-25(40-35)20-24(39-32(29)37)23-16-14-13-15-17-23/h13-17,20,26-28,31H,18-19,21-22H2,1-12H3/t26-,27+,28+,31-,33+,34+,35-/m1/s1. The predicted octanol–water partition coefficient (Wildman–Crippen LogP) is 8.37. The first-order chi connectivity index (χ1) is 20.6. The Kier molecular flexibility index (Phi) is 8.74. The molecule has 7 nitrogen and oxygen atoms in total. The number of hydrogen-bond acceptors (Lipinski definition) is 7. The fourth-order valence-corrected chi connectivity index (χ4v) is 11.6. The maximum atomic E-state index is 14.9. The number of carbonyl (C=O) groups excluding carboxylic acids is 1. The van der Waals surface area contributed by atoms with E-state index in [0.29, 0.717) is 18.1 Å². The van der Waals surface area contributed by atoms with Gasteiger partial charge in [0.15, 0.2) is 30.7 Å². The Bertz CT molecular complexity index is 1490. The number of carbonyl (C=O) groups is 1. The Labute approximate surface area is 272 Å². The zero-order valence-electron chi connectivity index (χ0n) is 29.5. The molecule has 0 N–H and O–H groups in total. The second kappa shape index (κ2) is 11.4. The van der Waals surface area contributed by atoms with Crippen LogP contribution in [-0.2, 0) is 13.3 Å². The summed E-state index contributed by atoms with van der Waals surface area (Å²) >= 11 is 0. The molecule has 0 bridgehead atoms. The van der Waals surface area contributed by atoms with Gasteiger partial charge in [-0.25, -0.2) is 4.79 Å². The van der Waals surface area contributed by atoms with Gasteiger partial charge in [-0.3, -0.25) is 4.79 Å². The van der Waals surface area contributed by atoms with Crippen molar-refractivity contribution in [2.45, 2.75) is 117 Å². The van der Waals surface area contributed by atoms with Crippen molar-refractivity contribution in [1.29, 1.82) is 0 Å². The first kappa shape index (κ1) is 34.5. The largest absolute Gasteiger partial charge is 0.483 e. The number of hydrogen-bond donors (Lipinski definition) is 0. The fraction of sp³-hybridized carbons (Fsp3) is 0.657. The lowest BCUT2D eigenvalue weighted by Gasteiger charge is -2.66.